The molecule has 3 N–H and O–H groups in total. The van der Waals surface area contributed by atoms with Gasteiger partial charge < -0.3 is 15.8 Å². The molecule has 2 aliphatic carbocycles. The quantitative estimate of drug-likeness (QED) is 0.209. The smallest absolute Gasteiger partial charge is 0.411 e. The van der Waals surface area contributed by atoms with Gasteiger partial charge in [-0.3, -0.25) is 9.69 Å². The van der Waals surface area contributed by atoms with Crippen molar-refractivity contribution in [2.24, 2.45) is 10.7 Å². The Balaban J connectivity index is 1.17. The van der Waals surface area contributed by atoms with Gasteiger partial charge in [0.1, 0.15) is 24.2 Å². The van der Waals surface area contributed by atoms with Crippen molar-refractivity contribution in [3.63, 3.8) is 0 Å². The summed E-state index contributed by atoms with van der Waals surface area (Å²) in [5.41, 5.74) is 5.91. The van der Waals surface area contributed by atoms with Gasteiger partial charge in [0.05, 0.1) is 23.3 Å². The van der Waals surface area contributed by atoms with Gasteiger partial charge in [0, 0.05) is 11.1 Å². The highest BCUT2D eigenvalue weighted by Crippen LogP contribution is 2.49. The average molecular weight is 705 g/mol. The number of carbonyl (C=O) groups excluding carboxylic acids is 2. The third kappa shape index (κ3) is 6.15. The molecular formula is C30H26ClF5N10O3. The number of benzene rings is 2. The molecule has 0 radical (unpaired) electrons. The van der Waals surface area contributed by atoms with Crippen LogP contribution in [-0.4, -0.2) is 70.9 Å². The zero-order chi connectivity index (χ0) is 34.7. The number of hydrogen-bond acceptors (Lipinski definition) is 9. The summed E-state index contributed by atoms with van der Waals surface area (Å²) < 4.78 is 75.2. The Hall–Kier alpha value is -5.13. The molecule has 2 atom stereocenters. The van der Waals surface area contributed by atoms with Crippen LogP contribution in [0.4, 0.5) is 26.7 Å². The van der Waals surface area contributed by atoms with Crippen LogP contribution in [0.15, 0.2) is 60.0 Å². The van der Waals surface area contributed by atoms with Crippen molar-refractivity contribution < 1.29 is 36.3 Å². The summed E-state index contributed by atoms with van der Waals surface area (Å²) in [6.45, 7) is -3.75. The Morgan fingerprint density at radius 3 is 2.53 bits per heavy atom. The number of hydrogen-bond donors (Lipinski definition) is 2. The second-order valence-electron chi connectivity index (χ2n) is 11.9. The van der Waals surface area contributed by atoms with E-state index in [2.05, 4.69) is 25.4 Å². The molecule has 2 fully saturated rings. The van der Waals surface area contributed by atoms with E-state index in [1.165, 1.54) is 18.2 Å². The summed E-state index contributed by atoms with van der Waals surface area (Å²) in [5.74, 6) is -1.22. The molecule has 19 heteroatoms. The summed E-state index contributed by atoms with van der Waals surface area (Å²) in [7, 11) is 0. The average Bonchev–Trinajstić information content (AvgIpc) is 3.93. The Kier molecular flexibility index (Phi) is 7.99. The van der Waals surface area contributed by atoms with Crippen LogP contribution in [0.5, 0.6) is 0 Å². The number of alkyl carbamates (subject to hydrolysis) is 1. The Bertz CT molecular complexity index is 1940. The zero-order valence-electron chi connectivity index (χ0n) is 25.2. The number of nitrogens with two attached hydrogens (primary N) is 1. The van der Waals surface area contributed by atoms with E-state index in [9.17, 15) is 31.5 Å². The fraction of sp³-hybridized carbons (Fsp3) is 0.367. The van der Waals surface area contributed by atoms with Crippen molar-refractivity contribution >= 4 is 29.6 Å². The third-order valence-electron chi connectivity index (χ3n) is 8.62. The van der Waals surface area contributed by atoms with Gasteiger partial charge in [-0.2, -0.15) is 31.7 Å². The zero-order valence-corrected chi connectivity index (χ0v) is 25.9. The molecule has 1 aliphatic heterocycles. The largest absolute Gasteiger partial charge is 0.447 e. The molecule has 0 bridgehead atoms. The van der Waals surface area contributed by atoms with E-state index in [0.29, 0.717) is 22.0 Å². The van der Waals surface area contributed by atoms with Crippen LogP contribution in [0.25, 0.3) is 22.6 Å². The Morgan fingerprint density at radius 1 is 1.14 bits per heavy atom. The molecule has 0 unspecified atom stereocenters. The van der Waals surface area contributed by atoms with Crippen LogP contribution in [0.1, 0.15) is 61.5 Å². The van der Waals surface area contributed by atoms with E-state index in [1.807, 2.05) is 16.2 Å². The second kappa shape index (κ2) is 12.1. The summed E-state index contributed by atoms with van der Waals surface area (Å²) in [6, 6.07) is 8.91. The van der Waals surface area contributed by atoms with Crippen molar-refractivity contribution in [3.8, 4) is 22.6 Å². The molecule has 256 valence electrons. The van der Waals surface area contributed by atoms with Crippen molar-refractivity contribution in [1.82, 2.24) is 40.0 Å². The van der Waals surface area contributed by atoms with Crippen molar-refractivity contribution in [2.75, 3.05) is 6.61 Å². The first kappa shape index (κ1) is 32.4. The summed E-state index contributed by atoms with van der Waals surface area (Å²) >= 11 is 6.35. The number of aromatic nitrogens is 6. The first-order chi connectivity index (χ1) is 23.3. The fourth-order valence-electron chi connectivity index (χ4n) is 5.60. The molecule has 0 spiro atoms. The number of ether oxygens (including phenoxy) is 1. The Labute approximate surface area is 278 Å². The van der Waals surface area contributed by atoms with Crippen LogP contribution in [-0.2, 0) is 9.53 Å². The summed E-state index contributed by atoms with van der Waals surface area (Å²) in [4.78, 5) is 35.8. The van der Waals surface area contributed by atoms with E-state index < -0.39 is 49.0 Å². The minimum Gasteiger partial charge on any atom is -0.447 e. The van der Waals surface area contributed by atoms with Crippen LogP contribution in [0.2, 0.25) is 5.02 Å². The number of nitrogens with zero attached hydrogens (tertiary/aromatic N) is 8. The highest BCUT2D eigenvalue weighted by atomic mass is 35.5. The predicted octanol–water partition coefficient (Wildman–Crippen LogP) is 5.35. The molecule has 3 heterocycles. The molecule has 0 saturated heterocycles. The molecule has 2 amide bonds. The third-order valence-corrected chi connectivity index (χ3v) is 8.95. The maximum atomic E-state index is 14.0. The van der Waals surface area contributed by atoms with Gasteiger partial charge in [0.15, 0.2) is 17.8 Å². The Morgan fingerprint density at radius 2 is 1.88 bits per heavy atom. The lowest BCUT2D eigenvalue weighted by Gasteiger charge is -2.29. The monoisotopic (exact) mass is 704 g/mol. The van der Waals surface area contributed by atoms with Crippen LogP contribution >= 0.6 is 11.6 Å². The van der Waals surface area contributed by atoms with Crippen LogP contribution in [0.3, 0.4) is 0 Å². The highest BCUT2D eigenvalue weighted by molar-refractivity contribution is 6.33. The van der Waals surface area contributed by atoms with Gasteiger partial charge in [-0.15, -0.1) is 5.10 Å². The van der Waals surface area contributed by atoms with Gasteiger partial charge in [0.25, 0.3) is 5.91 Å². The van der Waals surface area contributed by atoms with Gasteiger partial charge in [-0.25, -0.2) is 19.5 Å². The first-order valence-electron chi connectivity index (χ1n) is 15.0. The number of carbonyl (C=O) groups is 2. The number of aliphatic imine (C=N–C) groups is 1. The van der Waals surface area contributed by atoms with E-state index in [-0.39, 0.29) is 40.8 Å². The van der Waals surface area contributed by atoms with E-state index >= 15 is 0 Å². The number of amides is 2. The number of alkyl halides is 5. The lowest BCUT2D eigenvalue weighted by atomic mass is 10.0. The maximum absolute atomic E-state index is 14.0. The topological polar surface area (TPSA) is 158 Å². The fourth-order valence-corrected chi connectivity index (χ4v) is 5.81. The first-order valence-corrected chi connectivity index (χ1v) is 15.4. The number of halogens is 6. The summed E-state index contributed by atoms with van der Waals surface area (Å²) in [6.07, 6.45) is -1.87. The van der Waals surface area contributed by atoms with Crippen molar-refractivity contribution in [3.05, 3.63) is 71.1 Å². The molecule has 3 aliphatic rings. The summed E-state index contributed by atoms with van der Waals surface area (Å²) in [5, 5.41) is 13.8. The second-order valence-corrected chi connectivity index (χ2v) is 12.3. The minimum atomic E-state index is -4.70. The molecule has 49 heavy (non-hydrogen) atoms. The van der Waals surface area contributed by atoms with Crippen molar-refractivity contribution in [2.45, 2.75) is 62.1 Å². The molecule has 4 aromatic rings. The SMILES string of the molecule is NC1=N[C@H](c2ccc(-c3cn(C4CC4)nn3)cc2)C(=O)N1[C@H](COC(=O)NC1(C(F)(F)F)CC1)c1ccc(Cl)c(-c2ncnn2C(F)F)c1. The lowest BCUT2D eigenvalue weighted by molar-refractivity contribution is -0.164. The van der Waals surface area contributed by atoms with Crippen LogP contribution < -0.4 is 11.1 Å². The number of nitrogens with one attached hydrogen (secondary N) is 1. The van der Waals surface area contributed by atoms with E-state index in [0.717, 1.165) is 29.6 Å². The van der Waals surface area contributed by atoms with Gasteiger partial charge >= 0.3 is 18.8 Å². The van der Waals surface area contributed by atoms with Gasteiger partial charge in [-0.05, 0) is 48.9 Å². The van der Waals surface area contributed by atoms with E-state index in [4.69, 9.17) is 22.1 Å². The molecule has 7 rings (SSSR count). The van der Waals surface area contributed by atoms with Crippen LogP contribution in [0, 0.1) is 0 Å². The molecule has 13 nitrogen and oxygen atoms in total. The van der Waals surface area contributed by atoms with Crippen molar-refractivity contribution in [1.29, 1.82) is 0 Å². The number of rotatable bonds is 10. The highest BCUT2D eigenvalue weighted by Gasteiger charge is 2.64. The van der Waals surface area contributed by atoms with E-state index in [1.54, 1.807) is 24.3 Å². The maximum Gasteiger partial charge on any atom is 0.411 e. The predicted molar refractivity (Wildman–Crippen MR) is 162 cm³/mol. The minimum absolute atomic E-state index is 0.00133. The molecular weight excluding hydrogens is 679 g/mol. The normalized spacial score (nSPS) is 19.2. The molecule has 2 aromatic heterocycles. The molecule has 2 aromatic carbocycles. The molecule has 2 saturated carbocycles. The standard InChI is InChI=1S/C30H26ClF5N10O3/c31-20-8-5-17(11-19(20)24-38-14-39-46(24)26(32)33)22(13-49-28(48)41-29(9-10-29)30(34,35)36)45-25(47)23(40-27(45)37)16-3-1-15(2-4-16)21-12-44(43-42-21)18-6-7-18/h1-5,8,11-12,14,18,22-23,26H,6-7,9-10,13H2,(H2,37,40)(H,41,48)/t22-,23-/m1/s1. The lowest BCUT2D eigenvalue weighted by Crippen LogP contribution is -2.49. The van der Waals surface area contributed by atoms with Gasteiger partial charge in [-0.1, -0.05) is 47.1 Å². The number of guanidine groups is 1. The van der Waals surface area contributed by atoms with Gasteiger partial charge in [0.2, 0.25) is 0 Å².